The van der Waals surface area contributed by atoms with E-state index in [9.17, 15) is 4.79 Å². The van der Waals surface area contributed by atoms with Crippen LogP contribution in [0.25, 0.3) is 0 Å². The molecular weight excluding hydrogens is 292 g/mol. The largest absolute Gasteiger partial charge is 0.294 e. The second-order valence-electron chi connectivity index (χ2n) is 7.14. The van der Waals surface area contributed by atoms with Crippen LogP contribution in [0.1, 0.15) is 114 Å². The van der Waals surface area contributed by atoms with E-state index in [4.69, 9.17) is 0 Å². The van der Waals surface area contributed by atoms with E-state index in [0.29, 0.717) is 12.2 Å². The molecule has 0 aliphatic carbocycles. The first-order valence-corrected chi connectivity index (χ1v) is 10.4. The summed E-state index contributed by atoms with van der Waals surface area (Å²) in [5.74, 6) is 0.300. The molecule has 1 aromatic rings. The van der Waals surface area contributed by atoms with Gasteiger partial charge >= 0.3 is 0 Å². The average Bonchev–Trinajstić information content (AvgIpc) is 2.62. The molecule has 1 nitrogen and oxygen atoms in total. The first-order valence-electron chi connectivity index (χ1n) is 10.4. The van der Waals surface area contributed by atoms with Crippen molar-refractivity contribution < 1.29 is 4.79 Å². The number of ketones is 1. The fourth-order valence-electron chi connectivity index (χ4n) is 3.25. The Morgan fingerprint density at radius 3 is 1.50 bits per heavy atom. The van der Waals surface area contributed by atoms with Gasteiger partial charge < -0.3 is 0 Å². The minimum atomic E-state index is 0.300. The molecule has 0 unspecified atom stereocenters. The minimum Gasteiger partial charge on any atom is -0.294 e. The number of hydrogen-bond donors (Lipinski definition) is 0. The predicted molar refractivity (Wildman–Crippen MR) is 106 cm³/mol. The van der Waals surface area contributed by atoms with Crippen LogP contribution in [0.2, 0.25) is 0 Å². The SMILES string of the molecule is CCCCCCCCCCCCCCCCC(=O)c1ccccc1. The van der Waals surface area contributed by atoms with Crippen molar-refractivity contribution in [2.24, 2.45) is 0 Å². The zero-order valence-electron chi connectivity index (χ0n) is 15.9. The molecule has 1 aromatic carbocycles. The number of hydrogen-bond acceptors (Lipinski definition) is 1. The standard InChI is InChI=1S/C23H38O/c1-2-3-4-5-6-7-8-9-10-11-12-13-14-18-21-23(24)22-19-16-15-17-20-22/h15-17,19-20H,2-14,18,21H2,1H3. The van der Waals surface area contributed by atoms with E-state index in [-0.39, 0.29) is 0 Å². The number of Topliss-reactive ketones (excluding diaryl/α,β-unsaturated/α-hetero) is 1. The van der Waals surface area contributed by atoms with Crippen molar-refractivity contribution in [1.29, 1.82) is 0 Å². The Morgan fingerprint density at radius 1 is 0.625 bits per heavy atom. The van der Waals surface area contributed by atoms with Crippen LogP contribution in [-0.4, -0.2) is 5.78 Å². The summed E-state index contributed by atoms with van der Waals surface area (Å²) in [6.07, 6.45) is 19.7. The van der Waals surface area contributed by atoms with Gasteiger partial charge in [0.2, 0.25) is 0 Å². The highest BCUT2D eigenvalue weighted by Crippen LogP contribution is 2.14. The lowest BCUT2D eigenvalue weighted by Gasteiger charge is -2.03. The number of benzene rings is 1. The van der Waals surface area contributed by atoms with Crippen LogP contribution in [0.15, 0.2) is 30.3 Å². The van der Waals surface area contributed by atoms with Crippen molar-refractivity contribution in [2.45, 2.75) is 103 Å². The molecule has 0 bridgehead atoms. The monoisotopic (exact) mass is 330 g/mol. The maximum Gasteiger partial charge on any atom is 0.162 e. The van der Waals surface area contributed by atoms with E-state index in [1.807, 2.05) is 30.3 Å². The van der Waals surface area contributed by atoms with E-state index in [2.05, 4.69) is 6.92 Å². The molecule has 0 saturated carbocycles. The number of carbonyl (C=O) groups excluding carboxylic acids is 1. The summed E-state index contributed by atoms with van der Waals surface area (Å²) in [7, 11) is 0. The Hall–Kier alpha value is -1.11. The molecule has 1 heteroatoms. The highest BCUT2D eigenvalue weighted by atomic mass is 16.1. The Labute approximate surface area is 150 Å². The Morgan fingerprint density at radius 2 is 1.04 bits per heavy atom. The van der Waals surface area contributed by atoms with Crippen LogP contribution in [0.3, 0.4) is 0 Å². The van der Waals surface area contributed by atoms with Crippen LogP contribution in [0, 0.1) is 0 Å². The highest BCUT2D eigenvalue weighted by molar-refractivity contribution is 5.95. The number of rotatable bonds is 16. The normalized spacial score (nSPS) is 10.9. The van der Waals surface area contributed by atoms with Gasteiger partial charge in [-0.1, -0.05) is 121 Å². The third-order valence-corrected chi connectivity index (χ3v) is 4.85. The zero-order chi connectivity index (χ0) is 17.3. The molecule has 24 heavy (non-hydrogen) atoms. The van der Waals surface area contributed by atoms with Crippen molar-refractivity contribution in [3.63, 3.8) is 0 Å². The van der Waals surface area contributed by atoms with Crippen LogP contribution < -0.4 is 0 Å². The molecule has 1 rings (SSSR count). The molecule has 136 valence electrons. The Bertz CT molecular complexity index is 396. The lowest BCUT2D eigenvalue weighted by molar-refractivity contribution is 0.0979. The number of carbonyl (C=O) groups is 1. The van der Waals surface area contributed by atoms with Crippen LogP contribution in [0.4, 0.5) is 0 Å². The summed E-state index contributed by atoms with van der Waals surface area (Å²) in [4.78, 5) is 12.0. The topological polar surface area (TPSA) is 17.1 Å². The van der Waals surface area contributed by atoms with Crippen molar-refractivity contribution in [3.8, 4) is 0 Å². The van der Waals surface area contributed by atoms with Gasteiger partial charge in [0.15, 0.2) is 5.78 Å². The molecule has 0 aliphatic heterocycles. The van der Waals surface area contributed by atoms with E-state index >= 15 is 0 Å². The molecule has 0 aromatic heterocycles. The summed E-state index contributed by atoms with van der Waals surface area (Å²) in [6.45, 7) is 2.28. The molecule has 0 amide bonds. The molecule has 0 aliphatic rings. The summed E-state index contributed by atoms with van der Waals surface area (Å²) >= 11 is 0. The lowest BCUT2D eigenvalue weighted by atomic mass is 10.0. The summed E-state index contributed by atoms with van der Waals surface area (Å²) in [6, 6.07) is 9.69. The molecule has 0 N–H and O–H groups in total. The first kappa shape index (κ1) is 20.9. The molecule has 0 heterocycles. The summed E-state index contributed by atoms with van der Waals surface area (Å²) < 4.78 is 0. The first-order chi connectivity index (χ1) is 11.8. The molecule has 0 radical (unpaired) electrons. The van der Waals surface area contributed by atoms with E-state index < -0.39 is 0 Å². The summed E-state index contributed by atoms with van der Waals surface area (Å²) in [5, 5.41) is 0. The molecule has 0 fully saturated rings. The van der Waals surface area contributed by atoms with Gasteiger partial charge in [-0.15, -0.1) is 0 Å². The molecule has 0 atom stereocenters. The second-order valence-corrected chi connectivity index (χ2v) is 7.14. The summed E-state index contributed by atoms with van der Waals surface area (Å²) in [5.41, 5.74) is 0.868. The van der Waals surface area contributed by atoms with Gasteiger partial charge in [0.05, 0.1) is 0 Å². The number of unbranched alkanes of at least 4 members (excludes halogenated alkanes) is 13. The zero-order valence-corrected chi connectivity index (χ0v) is 15.9. The fourth-order valence-corrected chi connectivity index (χ4v) is 3.25. The van der Waals surface area contributed by atoms with Crippen molar-refractivity contribution >= 4 is 5.78 Å². The van der Waals surface area contributed by atoms with Crippen molar-refractivity contribution in [3.05, 3.63) is 35.9 Å². The Balaban J connectivity index is 1.80. The second kappa shape index (κ2) is 15.4. The molecule has 0 spiro atoms. The van der Waals surface area contributed by atoms with E-state index in [1.54, 1.807) is 0 Å². The average molecular weight is 331 g/mol. The quantitative estimate of drug-likeness (QED) is 0.224. The van der Waals surface area contributed by atoms with Crippen LogP contribution in [0.5, 0.6) is 0 Å². The fraction of sp³-hybridized carbons (Fsp3) is 0.696. The van der Waals surface area contributed by atoms with Crippen LogP contribution in [-0.2, 0) is 0 Å². The third kappa shape index (κ3) is 11.4. The van der Waals surface area contributed by atoms with Crippen molar-refractivity contribution in [1.82, 2.24) is 0 Å². The predicted octanol–water partition coefficient (Wildman–Crippen LogP) is 7.74. The minimum absolute atomic E-state index is 0.300. The lowest BCUT2D eigenvalue weighted by Crippen LogP contribution is -1.98. The highest BCUT2D eigenvalue weighted by Gasteiger charge is 2.03. The maximum atomic E-state index is 12.0. The van der Waals surface area contributed by atoms with Gasteiger partial charge in [-0.25, -0.2) is 0 Å². The van der Waals surface area contributed by atoms with Gasteiger partial charge in [0, 0.05) is 12.0 Å². The van der Waals surface area contributed by atoms with E-state index in [0.717, 1.165) is 12.0 Å². The molecule has 0 saturated heterocycles. The van der Waals surface area contributed by atoms with Gasteiger partial charge in [-0.3, -0.25) is 4.79 Å². The molecular formula is C23H38O. The smallest absolute Gasteiger partial charge is 0.162 e. The van der Waals surface area contributed by atoms with Crippen molar-refractivity contribution in [2.75, 3.05) is 0 Å². The third-order valence-electron chi connectivity index (χ3n) is 4.85. The van der Waals surface area contributed by atoms with Gasteiger partial charge in [0.1, 0.15) is 0 Å². The van der Waals surface area contributed by atoms with Gasteiger partial charge in [0.25, 0.3) is 0 Å². The van der Waals surface area contributed by atoms with E-state index in [1.165, 1.54) is 83.5 Å². The maximum absolute atomic E-state index is 12.0. The Kier molecular flexibility index (Phi) is 13.4. The van der Waals surface area contributed by atoms with Crippen LogP contribution >= 0.6 is 0 Å². The van der Waals surface area contributed by atoms with Gasteiger partial charge in [-0.2, -0.15) is 0 Å². The van der Waals surface area contributed by atoms with Gasteiger partial charge in [-0.05, 0) is 6.42 Å².